The first-order chi connectivity index (χ1) is 4.70. The Labute approximate surface area is 61.2 Å². The molecular formula is C7H14N2O. The number of amides is 1. The SMILES string of the molecule is CC(C)[C@H]1CNC(=O)CN1. The van der Waals surface area contributed by atoms with Gasteiger partial charge in [0.15, 0.2) is 0 Å². The second-order valence-corrected chi connectivity index (χ2v) is 3.04. The van der Waals surface area contributed by atoms with Gasteiger partial charge in [-0.15, -0.1) is 0 Å². The Morgan fingerprint density at radius 2 is 2.30 bits per heavy atom. The molecule has 1 heterocycles. The molecule has 0 bridgehead atoms. The molecule has 3 heteroatoms. The third-order valence-corrected chi connectivity index (χ3v) is 1.85. The molecule has 58 valence electrons. The van der Waals surface area contributed by atoms with Crippen molar-refractivity contribution in [2.45, 2.75) is 19.9 Å². The van der Waals surface area contributed by atoms with Crippen molar-refractivity contribution in [3.63, 3.8) is 0 Å². The molecule has 1 fully saturated rings. The van der Waals surface area contributed by atoms with Gasteiger partial charge in [0.1, 0.15) is 0 Å². The number of nitrogens with one attached hydrogen (secondary N) is 2. The average molecular weight is 142 g/mol. The van der Waals surface area contributed by atoms with Crippen molar-refractivity contribution in [2.24, 2.45) is 5.92 Å². The first kappa shape index (κ1) is 7.54. The zero-order valence-corrected chi connectivity index (χ0v) is 6.48. The van der Waals surface area contributed by atoms with E-state index in [1.807, 2.05) is 0 Å². The van der Waals surface area contributed by atoms with Gasteiger partial charge in [-0.1, -0.05) is 13.8 Å². The van der Waals surface area contributed by atoms with Crippen molar-refractivity contribution < 1.29 is 4.79 Å². The Morgan fingerprint density at radius 3 is 2.70 bits per heavy atom. The Balaban J connectivity index is 2.33. The molecule has 1 amide bonds. The van der Waals surface area contributed by atoms with Gasteiger partial charge in [-0.05, 0) is 5.92 Å². The largest absolute Gasteiger partial charge is 0.353 e. The molecule has 0 unspecified atom stereocenters. The van der Waals surface area contributed by atoms with E-state index in [4.69, 9.17) is 0 Å². The minimum atomic E-state index is 0.108. The quantitative estimate of drug-likeness (QED) is 0.529. The van der Waals surface area contributed by atoms with Crippen LogP contribution in [0.5, 0.6) is 0 Å². The number of hydrogen-bond acceptors (Lipinski definition) is 2. The second-order valence-electron chi connectivity index (χ2n) is 3.04. The molecule has 0 aliphatic carbocycles. The minimum Gasteiger partial charge on any atom is -0.353 e. The molecule has 0 aromatic carbocycles. The Kier molecular flexibility index (Phi) is 2.27. The highest BCUT2D eigenvalue weighted by Gasteiger charge is 2.18. The van der Waals surface area contributed by atoms with Crippen LogP contribution in [0, 0.1) is 5.92 Å². The predicted octanol–water partition coefficient (Wildman–Crippen LogP) is -0.270. The maximum atomic E-state index is 10.7. The minimum absolute atomic E-state index is 0.108. The van der Waals surface area contributed by atoms with Gasteiger partial charge in [-0.2, -0.15) is 0 Å². The first-order valence-electron chi connectivity index (χ1n) is 3.70. The average Bonchev–Trinajstić information content (AvgIpc) is 1.88. The van der Waals surface area contributed by atoms with Crippen LogP contribution in [0.4, 0.5) is 0 Å². The summed E-state index contributed by atoms with van der Waals surface area (Å²) in [6, 6.07) is 0.456. The Hall–Kier alpha value is -0.570. The lowest BCUT2D eigenvalue weighted by molar-refractivity contribution is -0.121. The third kappa shape index (κ3) is 1.70. The van der Waals surface area contributed by atoms with Crippen molar-refractivity contribution >= 4 is 5.91 Å². The summed E-state index contributed by atoms with van der Waals surface area (Å²) in [5, 5.41) is 5.97. The molecule has 1 atom stereocenters. The lowest BCUT2D eigenvalue weighted by Crippen LogP contribution is -2.53. The van der Waals surface area contributed by atoms with Crippen LogP contribution in [0.3, 0.4) is 0 Å². The predicted molar refractivity (Wildman–Crippen MR) is 39.6 cm³/mol. The molecule has 1 saturated heterocycles. The number of hydrogen-bond donors (Lipinski definition) is 2. The van der Waals surface area contributed by atoms with Crippen molar-refractivity contribution in [1.29, 1.82) is 0 Å². The van der Waals surface area contributed by atoms with E-state index >= 15 is 0 Å². The van der Waals surface area contributed by atoms with Gasteiger partial charge in [0, 0.05) is 12.6 Å². The van der Waals surface area contributed by atoms with Gasteiger partial charge in [0.2, 0.25) is 5.91 Å². The van der Waals surface area contributed by atoms with Crippen molar-refractivity contribution in [3.8, 4) is 0 Å². The van der Waals surface area contributed by atoms with Crippen LogP contribution in [0.1, 0.15) is 13.8 Å². The van der Waals surface area contributed by atoms with E-state index < -0.39 is 0 Å². The molecule has 0 radical (unpaired) electrons. The standard InChI is InChI=1S/C7H14N2O/c1-5(2)6-3-9-7(10)4-8-6/h5-6,8H,3-4H2,1-2H3,(H,9,10)/t6-/m1/s1. The van der Waals surface area contributed by atoms with Gasteiger partial charge >= 0.3 is 0 Å². The molecule has 0 aromatic heterocycles. The fraction of sp³-hybridized carbons (Fsp3) is 0.857. The molecule has 1 aliphatic heterocycles. The van der Waals surface area contributed by atoms with Crippen molar-refractivity contribution in [2.75, 3.05) is 13.1 Å². The van der Waals surface area contributed by atoms with Crippen molar-refractivity contribution in [1.82, 2.24) is 10.6 Å². The smallest absolute Gasteiger partial charge is 0.234 e. The summed E-state index contributed by atoms with van der Waals surface area (Å²) in [6.07, 6.45) is 0. The van der Waals surface area contributed by atoms with Gasteiger partial charge in [-0.3, -0.25) is 4.79 Å². The molecule has 0 spiro atoms. The first-order valence-corrected chi connectivity index (χ1v) is 3.70. The fourth-order valence-corrected chi connectivity index (χ4v) is 1.05. The summed E-state index contributed by atoms with van der Waals surface area (Å²) in [4.78, 5) is 10.7. The molecular weight excluding hydrogens is 128 g/mol. The Morgan fingerprint density at radius 1 is 1.60 bits per heavy atom. The van der Waals surface area contributed by atoms with Crippen LogP contribution >= 0.6 is 0 Å². The van der Waals surface area contributed by atoms with Crippen LogP contribution in [-0.2, 0) is 4.79 Å². The van der Waals surface area contributed by atoms with Crippen LogP contribution in [0.2, 0.25) is 0 Å². The number of carbonyl (C=O) groups is 1. The second kappa shape index (κ2) is 3.01. The summed E-state index contributed by atoms with van der Waals surface area (Å²) < 4.78 is 0. The number of rotatable bonds is 1. The van der Waals surface area contributed by atoms with Crippen LogP contribution in [0.25, 0.3) is 0 Å². The summed E-state index contributed by atoms with van der Waals surface area (Å²) in [5.74, 6) is 0.706. The molecule has 1 aliphatic rings. The number of carbonyl (C=O) groups excluding carboxylic acids is 1. The lowest BCUT2D eigenvalue weighted by atomic mass is 10.0. The number of piperazine rings is 1. The van der Waals surface area contributed by atoms with E-state index in [0.717, 1.165) is 6.54 Å². The summed E-state index contributed by atoms with van der Waals surface area (Å²) >= 11 is 0. The Bertz CT molecular complexity index is 124. The molecule has 0 aromatic rings. The summed E-state index contributed by atoms with van der Waals surface area (Å²) in [7, 11) is 0. The topological polar surface area (TPSA) is 41.1 Å². The van der Waals surface area contributed by atoms with Gasteiger partial charge in [-0.25, -0.2) is 0 Å². The molecule has 1 rings (SSSR count). The van der Waals surface area contributed by atoms with Crippen LogP contribution in [-0.4, -0.2) is 25.0 Å². The van der Waals surface area contributed by atoms with E-state index in [2.05, 4.69) is 24.5 Å². The van der Waals surface area contributed by atoms with Gasteiger partial charge < -0.3 is 10.6 Å². The zero-order valence-electron chi connectivity index (χ0n) is 6.48. The highest BCUT2D eigenvalue weighted by atomic mass is 16.2. The van der Waals surface area contributed by atoms with E-state index in [1.165, 1.54) is 0 Å². The molecule has 3 nitrogen and oxygen atoms in total. The normalized spacial score (nSPS) is 26.7. The fourth-order valence-electron chi connectivity index (χ4n) is 1.05. The van der Waals surface area contributed by atoms with E-state index in [0.29, 0.717) is 18.5 Å². The van der Waals surface area contributed by atoms with E-state index in [-0.39, 0.29) is 5.91 Å². The molecule has 2 N–H and O–H groups in total. The van der Waals surface area contributed by atoms with Crippen LogP contribution in [0.15, 0.2) is 0 Å². The maximum absolute atomic E-state index is 10.7. The summed E-state index contributed by atoms with van der Waals surface area (Å²) in [6.45, 7) is 5.55. The highest BCUT2D eigenvalue weighted by Crippen LogP contribution is 2.01. The summed E-state index contributed by atoms with van der Waals surface area (Å²) in [5.41, 5.74) is 0. The van der Waals surface area contributed by atoms with Crippen molar-refractivity contribution in [3.05, 3.63) is 0 Å². The maximum Gasteiger partial charge on any atom is 0.234 e. The highest BCUT2D eigenvalue weighted by molar-refractivity contribution is 5.78. The lowest BCUT2D eigenvalue weighted by Gasteiger charge is -2.26. The van der Waals surface area contributed by atoms with E-state index in [1.54, 1.807) is 0 Å². The van der Waals surface area contributed by atoms with Gasteiger partial charge in [0.05, 0.1) is 6.54 Å². The van der Waals surface area contributed by atoms with Crippen LogP contribution < -0.4 is 10.6 Å². The van der Waals surface area contributed by atoms with E-state index in [9.17, 15) is 4.79 Å². The molecule has 0 saturated carbocycles. The van der Waals surface area contributed by atoms with Gasteiger partial charge in [0.25, 0.3) is 0 Å². The monoisotopic (exact) mass is 142 g/mol. The molecule has 10 heavy (non-hydrogen) atoms. The zero-order chi connectivity index (χ0) is 7.56. The third-order valence-electron chi connectivity index (χ3n) is 1.85.